The third-order valence-corrected chi connectivity index (χ3v) is 4.33. The Labute approximate surface area is 132 Å². The van der Waals surface area contributed by atoms with Crippen LogP contribution in [-0.2, 0) is 0 Å². The number of amides is 1. The molecule has 0 spiro atoms. The molecule has 0 N–H and O–H groups in total. The van der Waals surface area contributed by atoms with Crippen LogP contribution in [0.3, 0.4) is 0 Å². The second kappa shape index (κ2) is 6.32. The average molecular weight is 294 g/mol. The average Bonchev–Trinajstić information content (AvgIpc) is 2.55. The van der Waals surface area contributed by atoms with Gasteiger partial charge in [0.25, 0.3) is 5.91 Å². The van der Waals surface area contributed by atoms with E-state index in [1.54, 1.807) is 0 Å². The predicted molar refractivity (Wildman–Crippen MR) is 89.9 cm³/mol. The maximum Gasteiger partial charge on any atom is 0.254 e. The van der Waals surface area contributed by atoms with Gasteiger partial charge in [-0.25, -0.2) is 0 Å². The number of piperazine rings is 1. The number of hydrogen-bond donors (Lipinski definition) is 0. The minimum absolute atomic E-state index is 0.139. The van der Waals surface area contributed by atoms with Crippen molar-refractivity contribution < 1.29 is 4.79 Å². The molecule has 3 nitrogen and oxygen atoms in total. The van der Waals surface area contributed by atoms with Crippen LogP contribution in [0.2, 0.25) is 0 Å². The van der Waals surface area contributed by atoms with Crippen LogP contribution in [0.4, 0.5) is 0 Å². The van der Waals surface area contributed by atoms with Gasteiger partial charge in [0.15, 0.2) is 0 Å². The van der Waals surface area contributed by atoms with E-state index in [1.807, 2.05) is 47.4 Å². The van der Waals surface area contributed by atoms with Crippen LogP contribution >= 0.6 is 0 Å². The van der Waals surface area contributed by atoms with E-state index < -0.39 is 0 Å². The van der Waals surface area contributed by atoms with E-state index in [-0.39, 0.29) is 11.9 Å². The van der Waals surface area contributed by atoms with Crippen molar-refractivity contribution in [3.63, 3.8) is 0 Å². The van der Waals surface area contributed by atoms with Gasteiger partial charge in [-0.3, -0.25) is 4.79 Å². The molecule has 1 amide bonds. The van der Waals surface area contributed by atoms with Crippen molar-refractivity contribution in [3.8, 4) is 11.1 Å². The molecular formula is C19H22N2O. The smallest absolute Gasteiger partial charge is 0.254 e. The summed E-state index contributed by atoms with van der Waals surface area (Å²) in [6, 6.07) is 18.4. The lowest BCUT2D eigenvalue weighted by molar-refractivity contribution is 0.0533. The lowest BCUT2D eigenvalue weighted by atomic mass is 10.0. The van der Waals surface area contributed by atoms with E-state index in [0.717, 1.165) is 30.8 Å². The van der Waals surface area contributed by atoms with Crippen molar-refractivity contribution in [1.82, 2.24) is 9.80 Å². The Hall–Kier alpha value is -2.13. The fourth-order valence-electron chi connectivity index (χ4n) is 3.04. The Kier molecular flexibility index (Phi) is 4.25. The Morgan fingerprint density at radius 2 is 1.59 bits per heavy atom. The quantitative estimate of drug-likeness (QED) is 0.849. The van der Waals surface area contributed by atoms with Gasteiger partial charge in [0.2, 0.25) is 0 Å². The Bertz CT molecular complexity index is 636. The maximum absolute atomic E-state index is 12.7. The summed E-state index contributed by atoms with van der Waals surface area (Å²) >= 11 is 0. The highest BCUT2D eigenvalue weighted by Gasteiger charge is 2.26. The summed E-state index contributed by atoms with van der Waals surface area (Å²) in [5.41, 5.74) is 3.09. The third kappa shape index (κ3) is 3.04. The number of likely N-dealkylation sites (N-methyl/N-ethyl adjacent to an activating group) is 1. The number of carbonyl (C=O) groups excluding carboxylic acids is 1. The first-order chi connectivity index (χ1) is 10.6. The van der Waals surface area contributed by atoms with Crippen LogP contribution in [0, 0.1) is 0 Å². The number of carbonyl (C=O) groups is 1. The SMILES string of the molecule is CC1CN(C)CCN1C(=O)c1ccc(-c2ccccc2)cc1. The molecule has 1 fully saturated rings. The van der Waals surface area contributed by atoms with Gasteiger partial charge in [-0.05, 0) is 37.2 Å². The fraction of sp³-hybridized carbons (Fsp3) is 0.316. The number of nitrogens with zero attached hydrogens (tertiary/aromatic N) is 2. The van der Waals surface area contributed by atoms with Crippen molar-refractivity contribution in [2.24, 2.45) is 0 Å². The lowest BCUT2D eigenvalue weighted by Crippen LogP contribution is -2.52. The molecule has 1 aliphatic heterocycles. The fourth-order valence-corrected chi connectivity index (χ4v) is 3.04. The maximum atomic E-state index is 12.7. The van der Waals surface area contributed by atoms with Gasteiger partial charge < -0.3 is 9.80 Å². The van der Waals surface area contributed by atoms with Crippen molar-refractivity contribution in [2.75, 3.05) is 26.7 Å². The van der Waals surface area contributed by atoms with Crippen molar-refractivity contribution in [3.05, 3.63) is 60.2 Å². The Balaban J connectivity index is 1.77. The summed E-state index contributed by atoms with van der Waals surface area (Å²) in [4.78, 5) is 16.9. The van der Waals surface area contributed by atoms with Gasteiger partial charge in [-0.15, -0.1) is 0 Å². The molecule has 2 aromatic rings. The molecule has 1 unspecified atom stereocenters. The first-order valence-corrected chi connectivity index (χ1v) is 7.80. The second-order valence-corrected chi connectivity index (χ2v) is 6.05. The van der Waals surface area contributed by atoms with E-state index in [9.17, 15) is 4.79 Å². The second-order valence-electron chi connectivity index (χ2n) is 6.05. The summed E-state index contributed by atoms with van der Waals surface area (Å²) in [5.74, 6) is 0.139. The van der Waals surface area contributed by atoms with E-state index in [4.69, 9.17) is 0 Å². The Morgan fingerprint density at radius 1 is 0.955 bits per heavy atom. The molecule has 1 atom stereocenters. The third-order valence-electron chi connectivity index (χ3n) is 4.33. The van der Waals surface area contributed by atoms with Crippen LogP contribution in [0.1, 0.15) is 17.3 Å². The molecule has 0 radical (unpaired) electrons. The zero-order valence-corrected chi connectivity index (χ0v) is 13.2. The molecule has 0 bridgehead atoms. The minimum atomic E-state index is 0.139. The van der Waals surface area contributed by atoms with E-state index >= 15 is 0 Å². The normalized spacial score (nSPS) is 19.2. The number of hydrogen-bond acceptors (Lipinski definition) is 2. The molecular weight excluding hydrogens is 272 g/mol. The van der Waals surface area contributed by atoms with Gasteiger partial charge in [-0.1, -0.05) is 42.5 Å². The highest BCUT2D eigenvalue weighted by Crippen LogP contribution is 2.20. The molecule has 0 aromatic heterocycles. The number of benzene rings is 2. The van der Waals surface area contributed by atoms with Crippen LogP contribution < -0.4 is 0 Å². The van der Waals surface area contributed by atoms with Crippen LogP contribution in [0.25, 0.3) is 11.1 Å². The molecule has 3 rings (SSSR count). The zero-order chi connectivity index (χ0) is 15.5. The largest absolute Gasteiger partial charge is 0.333 e. The minimum Gasteiger partial charge on any atom is -0.333 e. The summed E-state index contributed by atoms with van der Waals surface area (Å²) in [5, 5.41) is 0. The molecule has 2 aromatic carbocycles. The first kappa shape index (κ1) is 14.8. The lowest BCUT2D eigenvalue weighted by Gasteiger charge is -2.38. The molecule has 22 heavy (non-hydrogen) atoms. The van der Waals surface area contributed by atoms with Gasteiger partial charge in [0.1, 0.15) is 0 Å². The van der Waals surface area contributed by atoms with Crippen molar-refractivity contribution in [1.29, 1.82) is 0 Å². The van der Waals surface area contributed by atoms with Crippen molar-refractivity contribution in [2.45, 2.75) is 13.0 Å². The van der Waals surface area contributed by atoms with Gasteiger partial charge >= 0.3 is 0 Å². The molecule has 1 aliphatic rings. The standard InChI is InChI=1S/C19H22N2O/c1-15-14-20(2)12-13-21(15)19(22)18-10-8-17(9-11-18)16-6-4-3-5-7-16/h3-11,15H,12-14H2,1-2H3. The highest BCUT2D eigenvalue weighted by molar-refractivity contribution is 5.95. The zero-order valence-electron chi connectivity index (χ0n) is 13.2. The molecule has 1 heterocycles. The summed E-state index contributed by atoms with van der Waals surface area (Å²) in [6.45, 7) is 4.80. The van der Waals surface area contributed by atoms with Crippen LogP contribution in [-0.4, -0.2) is 48.4 Å². The molecule has 0 aliphatic carbocycles. The summed E-state index contributed by atoms with van der Waals surface area (Å²) in [6.07, 6.45) is 0. The van der Waals surface area contributed by atoms with Crippen molar-refractivity contribution >= 4 is 5.91 Å². The molecule has 1 saturated heterocycles. The molecule has 0 saturated carbocycles. The molecule has 3 heteroatoms. The van der Waals surface area contributed by atoms with Crippen LogP contribution in [0.5, 0.6) is 0 Å². The monoisotopic (exact) mass is 294 g/mol. The van der Waals surface area contributed by atoms with Crippen LogP contribution in [0.15, 0.2) is 54.6 Å². The first-order valence-electron chi connectivity index (χ1n) is 7.80. The van der Waals surface area contributed by atoms with Gasteiger partial charge in [-0.2, -0.15) is 0 Å². The summed E-state index contributed by atoms with van der Waals surface area (Å²) < 4.78 is 0. The number of rotatable bonds is 2. The topological polar surface area (TPSA) is 23.6 Å². The van der Waals surface area contributed by atoms with E-state index in [0.29, 0.717) is 0 Å². The van der Waals surface area contributed by atoms with Gasteiger partial charge in [0.05, 0.1) is 0 Å². The van der Waals surface area contributed by atoms with E-state index in [1.165, 1.54) is 5.56 Å². The predicted octanol–water partition coefficient (Wildman–Crippen LogP) is 3.13. The van der Waals surface area contributed by atoms with Gasteiger partial charge in [0, 0.05) is 31.2 Å². The Morgan fingerprint density at radius 3 is 2.23 bits per heavy atom. The highest BCUT2D eigenvalue weighted by atomic mass is 16.2. The summed E-state index contributed by atoms with van der Waals surface area (Å²) in [7, 11) is 2.10. The van der Waals surface area contributed by atoms with E-state index in [2.05, 4.69) is 31.0 Å². The molecule has 114 valence electrons.